The summed E-state index contributed by atoms with van der Waals surface area (Å²) in [5.41, 5.74) is 0.425. The van der Waals surface area contributed by atoms with Gasteiger partial charge in [-0.15, -0.1) is 0 Å². The van der Waals surface area contributed by atoms with Crippen LogP contribution in [0.3, 0.4) is 0 Å². The van der Waals surface area contributed by atoms with Gasteiger partial charge in [0.1, 0.15) is 0 Å². The predicted molar refractivity (Wildman–Crippen MR) is 47.2 cm³/mol. The molecule has 2 unspecified atom stereocenters. The van der Waals surface area contributed by atoms with Crippen molar-refractivity contribution in [2.45, 2.75) is 27.2 Å². The molecule has 0 aliphatic carbocycles. The molecule has 0 N–H and O–H groups in total. The lowest BCUT2D eigenvalue weighted by molar-refractivity contribution is 0.173. The van der Waals surface area contributed by atoms with E-state index in [0.29, 0.717) is 17.3 Å². The Hall–Kier alpha value is -0.0400. The van der Waals surface area contributed by atoms with Crippen molar-refractivity contribution >= 4 is 0 Å². The van der Waals surface area contributed by atoms with E-state index in [1.54, 1.807) is 0 Å². The molecule has 11 heavy (non-hydrogen) atoms. The van der Waals surface area contributed by atoms with Crippen molar-refractivity contribution in [2.75, 3.05) is 13.2 Å². The summed E-state index contributed by atoms with van der Waals surface area (Å²) in [5, 5.41) is 0. The molecule has 0 aromatic rings. The van der Waals surface area contributed by atoms with Crippen LogP contribution in [0.25, 0.3) is 0 Å². The van der Waals surface area contributed by atoms with Gasteiger partial charge in [-0.2, -0.15) is 0 Å². The van der Waals surface area contributed by atoms with Crippen molar-refractivity contribution in [1.29, 1.82) is 0 Å². The van der Waals surface area contributed by atoms with Crippen molar-refractivity contribution in [1.82, 2.24) is 0 Å². The summed E-state index contributed by atoms with van der Waals surface area (Å²) in [4.78, 5) is 0. The maximum atomic E-state index is 5.35. The van der Waals surface area contributed by atoms with Crippen molar-refractivity contribution in [3.05, 3.63) is 6.92 Å². The highest BCUT2D eigenvalue weighted by Gasteiger charge is 2.28. The maximum Gasteiger partial charge on any atom is 0.0498 e. The minimum Gasteiger partial charge on any atom is -0.381 e. The summed E-state index contributed by atoms with van der Waals surface area (Å²) in [6.07, 6.45) is 1.24. The number of hydrogen-bond donors (Lipinski definition) is 0. The first-order valence-corrected chi connectivity index (χ1v) is 4.40. The molecular formula is C10H19O. The Morgan fingerprint density at radius 2 is 2.00 bits per heavy atom. The molecule has 1 nitrogen and oxygen atoms in total. The summed E-state index contributed by atoms with van der Waals surface area (Å²) < 4.78 is 5.35. The van der Waals surface area contributed by atoms with Crippen LogP contribution in [0.5, 0.6) is 0 Å². The van der Waals surface area contributed by atoms with E-state index in [4.69, 9.17) is 4.74 Å². The Labute approximate surface area is 70.1 Å². The molecular weight excluding hydrogens is 136 g/mol. The fourth-order valence-corrected chi connectivity index (χ4v) is 1.66. The van der Waals surface area contributed by atoms with Gasteiger partial charge in [0.05, 0.1) is 0 Å². The van der Waals surface area contributed by atoms with E-state index in [9.17, 15) is 0 Å². The quantitative estimate of drug-likeness (QED) is 0.565. The van der Waals surface area contributed by atoms with Gasteiger partial charge < -0.3 is 4.74 Å². The van der Waals surface area contributed by atoms with Crippen LogP contribution in [0.4, 0.5) is 0 Å². The standard InChI is InChI=1S/C10H19O/c1-8-6-11-7-9(8)5-10(2,3)4/h8-9H,1,5-7H2,2-4H3. The molecule has 1 aliphatic rings. The SMILES string of the molecule is [CH2]C1COCC1CC(C)(C)C. The molecule has 1 fully saturated rings. The molecule has 1 heteroatoms. The Kier molecular flexibility index (Phi) is 2.58. The molecule has 1 radical (unpaired) electrons. The molecule has 1 saturated heterocycles. The van der Waals surface area contributed by atoms with Crippen LogP contribution >= 0.6 is 0 Å². The lowest BCUT2D eigenvalue weighted by Gasteiger charge is -2.24. The first kappa shape index (κ1) is 9.05. The van der Waals surface area contributed by atoms with Crippen LogP contribution in [0.1, 0.15) is 27.2 Å². The van der Waals surface area contributed by atoms with E-state index in [1.165, 1.54) is 6.42 Å². The second-order valence-electron chi connectivity index (χ2n) is 4.82. The highest BCUT2D eigenvalue weighted by molar-refractivity contribution is 4.80. The zero-order chi connectivity index (χ0) is 8.48. The van der Waals surface area contributed by atoms with Gasteiger partial charge >= 0.3 is 0 Å². The molecule has 65 valence electrons. The molecule has 0 aromatic carbocycles. The van der Waals surface area contributed by atoms with Gasteiger partial charge in [0, 0.05) is 13.2 Å². The molecule has 1 aliphatic heterocycles. The number of hydrogen-bond acceptors (Lipinski definition) is 1. The van der Waals surface area contributed by atoms with Crippen LogP contribution in [0, 0.1) is 24.2 Å². The minimum absolute atomic E-state index is 0.425. The van der Waals surface area contributed by atoms with E-state index in [1.807, 2.05) is 0 Å². The third kappa shape index (κ3) is 2.82. The lowest BCUT2D eigenvalue weighted by Crippen LogP contribution is -2.17. The van der Waals surface area contributed by atoms with Crippen LogP contribution in [-0.2, 0) is 4.74 Å². The fourth-order valence-electron chi connectivity index (χ4n) is 1.66. The predicted octanol–water partition coefficient (Wildman–Crippen LogP) is 2.52. The summed E-state index contributed by atoms with van der Waals surface area (Å²) in [6.45, 7) is 12.7. The van der Waals surface area contributed by atoms with E-state index >= 15 is 0 Å². The monoisotopic (exact) mass is 155 g/mol. The van der Waals surface area contributed by atoms with Gasteiger partial charge in [-0.3, -0.25) is 0 Å². The van der Waals surface area contributed by atoms with Gasteiger partial charge in [-0.1, -0.05) is 20.8 Å². The first-order chi connectivity index (χ1) is 4.99. The van der Waals surface area contributed by atoms with Gasteiger partial charge in [0.2, 0.25) is 0 Å². The van der Waals surface area contributed by atoms with Crippen LogP contribution < -0.4 is 0 Å². The summed E-state index contributed by atoms with van der Waals surface area (Å²) >= 11 is 0. The fraction of sp³-hybridized carbons (Fsp3) is 0.900. The molecule has 1 rings (SSSR count). The van der Waals surface area contributed by atoms with Gasteiger partial charge in [-0.25, -0.2) is 0 Å². The van der Waals surface area contributed by atoms with E-state index in [2.05, 4.69) is 27.7 Å². The molecule has 1 heterocycles. The van der Waals surface area contributed by atoms with E-state index in [-0.39, 0.29) is 0 Å². The Morgan fingerprint density at radius 3 is 2.36 bits per heavy atom. The van der Waals surface area contributed by atoms with Crippen molar-refractivity contribution in [3.8, 4) is 0 Å². The van der Waals surface area contributed by atoms with Crippen molar-refractivity contribution in [2.24, 2.45) is 17.3 Å². The van der Waals surface area contributed by atoms with E-state index in [0.717, 1.165) is 13.2 Å². The lowest BCUT2D eigenvalue weighted by atomic mass is 9.81. The largest absolute Gasteiger partial charge is 0.381 e. The van der Waals surface area contributed by atoms with Crippen LogP contribution in [0.2, 0.25) is 0 Å². The molecule has 0 saturated carbocycles. The molecule has 0 bridgehead atoms. The summed E-state index contributed by atoms with van der Waals surface area (Å²) in [6, 6.07) is 0. The molecule has 0 amide bonds. The minimum atomic E-state index is 0.425. The summed E-state index contributed by atoms with van der Waals surface area (Å²) in [7, 11) is 0. The third-order valence-electron chi connectivity index (χ3n) is 2.21. The molecule has 2 atom stereocenters. The zero-order valence-electron chi connectivity index (χ0n) is 7.89. The normalized spacial score (nSPS) is 32.7. The summed E-state index contributed by atoms with van der Waals surface area (Å²) in [5.74, 6) is 1.21. The third-order valence-corrected chi connectivity index (χ3v) is 2.21. The van der Waals surface area contributed by atoms with E-state index < -0.39 is 0 Å². The molecule has 0 spiro atoms. The number of ether oxygens (including phenoxy) is 1. The van der Waals surface area contributed by atoms with Crippen LogP contribution in [0.15, 0.2) is 0 Å². The second-order valence-corrected chi connectivity index (χ2v) is 4.82. The molecule has 0 aromatic heterocycles. The van der Waals surface area contributed by atoms with Crippen LogP contribution in [-0.4, -0.2) is 13.2 Å². The Morgan fingerprint density at radius 1 is 1.36 bits per heavy atom. The highest BCUT2D eigenvalue weighted by Crippen LogP contribution is 2.32. The topological polar surface area (TPSA) is 9.23 Å². The average molecular weight is 155 g/mol. The van der Waals surface area contributed by atoms with Gasteiger partial charge in [0.25, 0.3) is 0 Å². The Bertz CT molecular complexity index is 123. The smallest absolute Gasteiger partial charge is 0.0498 e. The second kappa shape index (κ2) is 3.14. The zero-order valence-corrected chi connectivity index (χ0v) is 7.89. The van der Waals surface area contributed by atoms with Crippen molar-refractivity contribution in [3.63, 3.8) is 0 Å². The maximum absolute atomic E-state index is 5.35. The highest BCUT2D eigenvalue weighted by atomic mass is 16.5. The average Bonchev–Trinajstić information content (AvgIpc) is 2.12. The van der Waals surface area contributed by atoms with Gasteiger partial charge in [-0.05, 0) is 30.6 Å². The number of rotatable bonds is 1. The first-order valence-electron chi connectivity index (χ1n) is 4.40. The van der Waals surface area contributed by atoms with Gasteiger partial charge in [0.15, 0.2) is 0 Å². The Balaban J connectivity index is 2.37. The van der Waals surface area contributed by atoms with Crippen molar-refractivity contribution < 1.29 is 4.74 Å².